The highest BCUT2D eigenvalue weighted by Gasteiger charge is 2.22. The Balaban J connectivity index is 2.17. The molecule has 0 saturated heterocycles. The summed E-state index contributed by atoms with van der Waals surface area (Å²) in [4.78, 5) is 3.12. The summed E-state index contributed by atoms with van der Waals surface area (Å²) in [6, 6.07) is 1.58. The van der Waals surface area contributed by atoms with E-state index < -0.39 is 0 Å². The van der Waals surface area contributed by atoms with E-state index >= 15 is 0 Å². The van der Waals surface area contributed by atoms with Crippen LogP contribution >= 0.6 is 0 Å². The lowest BCUT2D eigenvalue weighted by molar-refractivity contribution is 0.360. The summed E-state index contributed by atoms with van der Waals surface area (Å²) in [7, 11) is 1.93. The lowest BCUT2D eigenvalue weighted by Crippen LogP contribution is -2.10. The Bertz CT molecular complexity index is 562. The number of halogens is 1. The van der Waals surface area contributed by atoms with Gasteiger partial charge < -0.3 is 15.0 Å². The van der Waals surface area contributed by atoms with Gasteiger partial charge in [-0.1, -0.05) is 0 Å². The molecule has 3 nitrogen and oxygen atoms in total. The number of fused-ring (bicyclic) bond motifs is 3. The number of likely N-dealkylation sites (N-methyl/N-ethyl adjacent to an activating group) is 1. The number of benzene rings is 1. The molecule has 90 valence electrons. The molecule has 17 heavy (non-hydrogen) atoms. The summed E-state index contributed by atoms with van der Waals surface area (Å²) in [5.41, 5.74) is 2.74. The van der Waals surface area contributed by atoms with Crippen LogP contribution < -0.4 is 10.1 Å². The topological polar surface area (TPSA) is 37.0 Å². The largest absolute Gasteiger partial charge is 0.492 e. The van der Waals surface area contributed by atoms with Crippen molar-refractivity contribution in [2.45, 2.75) is 12.8 Å². The first-order valence-corrected chi connectivity index (χ1v) is 5.90. The second-order valence-corrected chi connectivity index (χ2v) is 4.35. The first-order valence-electron chi connectivity index (χ1n) is 5.90. The summed E-state index contributed by atoms with van der Waals surface area (Å²) in [6.07, 6.45) is 3.54. The third-order valence-electron chi connectivity index (χ3n) is 3.30. The number of rotatable bonds is 3. The van der Waals surface area contributed by atoms with Gasteiger partial charge in [0.2, 0.25) is 0 Å². The molecule has 0 bridgehead atoms. The number of aromatic amines is 1. The van der Waals surface area contributed by atoms with Gasteiger partial charge in [0.25, 0.3) is 0 Å². The second kappa shape index (κ2) is 4.04. The fraction of sp³-hybridized carbons (Fsp3) is 0.385. The molecule has 0 spiro atoms. The maximum Gasteiger partial charge on any atom is 0.135 e. The van der Waals surface area contributed by atoms with Crippen LogP contribution in [-0.4, -0.2) is 25.2 Å². The molecule has 2 N–H and O–H groups in total. The number of aromatic nitrogens is 1. The number of hydrogen-bond acceptors (Lipinski definition) is 2. The fourth-order valence-corrected chi connectivity index (χ4v) is 2.44. The van der Waals surface area contributed by atoms with E-state index in [0.717, 1.165) is 35.2 Å². The molecule has 3 rings (SSSR count). The Morgan fingerprint density at radius 3 is 3.24 bits per heavy atom. The van der Waals surface area contributed by atoms with Crippen molar-refractivity contribution < 1.29 is 9.13 Å². The predicted octanol–water partition coefficient (Wildman–Crippen LogP) is 2.00. The van der Waals surface area contributed by atoms with Crippen LogP contribution in [0, 0.1) is 5.82 Å². The summed E-state index contributed by atoms with van der Waals surface area (Å²) in [5, 5.41) is 4.17. The van der Waals surface area contributed by atoms with Gasteiger partial charge in [0, 0.05) is 23.6 Å². The summed E-state index contributed by atoms with van der Waals surface area (Å²) >= 11 is 0. The monoisotopic (exact) mass is 234 g/mol. The highest BCUT2D eigenvalue weighted by atomic mass is 19.1. The third kappa shape index (κ3) is 1.60. The molecule has 1 aliphatic heterocycles. The van der Waals surface area contributed by atoms with Crippen LogP contribution in [0.1, 0.15) is 11.1 Å². The zero-order valence-corrected chi connectivity index (χ0v) is 9.77. The van der Waals surface area contributed by atoms with Gasteiger partial charge >= 0.3 is 0 Å². The van der Waals surface area contributed by atoms with Gasteiger partial charge in [0.05, 0.1) is 12.1 Å². The molecule has 1 aromatic heterocycles. The Kier molecular flexibility index (Phi) is 2.52. The van der Waals surface area contributed by atoms with E-state index in [1.54, 1.807) is 6.07 Å². The van der Waals surface area contributed by atoms with E-state index in [2.05, 4.69) is 10.3 Å². The average molecular weight is 234 g/mol. The molecule has 0 atom stereocenters. The van der Waals surface area contributed by atoms with Crippen LogP contribution in [-0.2, 0) is 12.8 Å². The molecule has 2 aromatic rings. The third-order valence-corrected chi connectivity index (χ3v) is 3.30. The molecule has 0 radical (unpaired) electrons. The molecule has 0 unspecified atom stereocenters. The summed E-state index contributed by atoms with van der Waals surface area (Å²) in [6.45, 7) is 1.49. The number of H-pyrrole nitrogens is 1. The predicted molar refractivity (Wildman–Crippen MR) is 65.1 cm³/mol. The quantitative estimate of drug-likeness (QED) is 0.852. The normalized spacial score (nSPS) is 14.0. The van der Waals surface area contributed by atoms with E-state index in [1.807, 2.05) is 13.2 Å². The van der Waals surface area contributed by atoms with Crippen molar-refractivity contribution in [3.8, 4) is 5.75 Å². The van der Waals surface area contributed by atoms with Gasteiger partial charge in [0.15, 0.2) is 0 Å². The zero-order chi connectivity index (χ0) is 11.8. The zero-order valence-electron chi connectivity index (χ0n) is 9.77. The van der Waals surface area contributed by atoms with Crippen LogP contribution in [0.4, 0.5) is 4.39 Å². The molecular weight excluding hydrogens is 219 g/mol. The van der Waals surface area contributed by atoms with Gasteiger partial charge in [-0.25, -0.2) is 4.39 Å². The van der Waals surface area contributed by atoms with Crippen molar-refractivity contribution in [2.75, 3.05) is 20.2 Å². The van der Waals surface area contributed by atoms with Gasteiger partial charge in [-0.15, -0.1) is 0 Å². The molecule has 4 heteroatoms. The van der Waals surface area contributed by atoms with Crippen molar-refractivity contribution >= 4 is 10.9 Å². The maximum atomic E-state index is 13.8. The average Bonchev–Trinajstić information content (AvgIpc) is 2.92. The Morgan fingerprint density at radius 2 is 2.41 bits per heavy atom. The van der Waals surface area contributed by atoms with Gasteiger partial charge in [-0.2, -0.15) is 0 Å². The van der Waals surface area contributed by atoms with E-state index in [4.69, 9.17) is 4.74 Å². The first kappa shape index (κ1) is 10.6. The highest BCUT2D eigenvalue weighted by molar-refractivity contribution is 5.91. The number of hydrogen-bond donors (Lipinski definition) is 2. The Hall–Kier alpha value is -1.55. The van der Waals surface area contributed by atoms with Crippen molar-refractivity contribution in [1.82, 2.24) is 10.3 Å². The summed E-state index contributed by atoms with van der Waals surface area (Å²) in [5.74, 6) is 0.583. The van der Waals surface area contributed by atoms with E-state index in [9.17, 15) is 4.39 Å². The molecular formula is C13H15FN2O. The molecule has 0 amide bonds. The lowest BCUT2D eigenvalue weighted by atomic mass is 10.0. The van der Waals surface area contributed by atoms with Crippen molar-refractivity contribution in [3.05, 3.63) is 29.2 Å². The van der Waals surface area contributed by atoms with Gasteiger partial charge in [0.1, 0.15) is 11.6 Å². The standard InChI is InChI=1S/C13H15FN2O/c1-15-4-2-8-7-16-11-6-10(14)9-3-5-17-13(9)12(8)11/h6-7,15-16H,2-5H2,1H3. The van der Waals surface area contributed by atoms with Crippen molar-refractivity contribution in [2.24, 2.45) is 0 Å². The Morgan fingerprint density at radius 1 is 1.53 bits per heavy atom. The maximum absolute atomic E-state index is 13.8. The molecule has 2 heterocycles. The minimum absolute atomic E-state index is 0.160. The van der Waals surface area contributed by atoms with Crippen LogP contribution in [0.5, 0.6) is 5.75 Å². The summed E-state index contributed by atoms with van der Waals surface area (Å²) < 4.78 is 19.4. The minimum atomic E-state index is -0.160. The van der Waals surface area contributed by atoms with E-state index in [1.165, 1.54) is 5.56 Å². The number of ether oxygens (including phenoxy) is 1. The van der Waals surface area contributed by atoms with Gasteiger partial charge in [-0.3, -0.25) is 0 Å². The molecule has 0 fully saturated rings. The van der Waals surface area contributed by atoms with Crippen LogP contribution in [0.15, 0.2) is 12.3 Å². The van der Waals surface area contributed by atoms with Crippen LogP contribution in [0.25, 0.3) is 10.9 Å². The molecule has 1 aliphatic rings. The first-order chi connectivity index (χ1) is 8.31. The van der Waals surface area contributed by atoms with E-state index in [0.29, 0.717) is 13.0 Å². The van der Waals surface area contributed by atoms with Crippen LogP contribution in [0.2, 0.25) is 0 Å². The second-order valence-electron chi connectivity index (χ2n) is 4.35. The molecule has 0 aliphatic carbocycles. The lowest BCUT2D eigenvalue weighted by Gasteiger charge is -2.05. The highest BCUT2D eigenvalue weighted by Crippen LogP contribution is 2.37. The smallest absolute Gasteiger partial charge is 0.135 e. The van der Waals surface area contributed by atoms with Gasteiger partial charge in [-0.05, 0) is 31.6 Å². The number of nitrogens with one attached hydrogen (secondary N) is 2. The molecule has 1 aromatic carbocycles. The molecule has 0 saturated carbocycles. The fourth-order valence-electron chi connectivity index (χ4n) is 2.44. The van der Waals surface area contributed by atoms with E-state index in [-0.39, 0.29) is 5.82 Å². The van der Waals surface area contributed by atoms with Crippen molar-refractivity contribution in [1.29, 1.82) is 0 Å². The SMILES string of the molecule is CNCCc1c[nH]c2cc(F)c3c(c12)OCC3. The van der Waals surface area contributed by atoms with Crippen molar-refractivity contribution in [3.63, 3.8) is 0 Å². The minimum Gasteiger partial charge on any atom is -0.492 e. The Labute approximate surface area is 99.0 Å². The van der Waals surface area contributed by atoms with Crippen LogP contribution in [0.3, 0.4) is 0 Å².